The largest absolute Gasteiger partial charge is 0.0654 e. The number of hydrogen-bond donors (Lipinski definition) is 0. The van der Waals surface area contributed by atoms with E-state index in [0.29, 0.717) is 5.41 Å². The van der Waals surface area contributed by atoms with Gasteiger partial charge in [-0.05, 0) is 37.5 Å². The first-order valence-corrected chi connectivity index (χ1v) is 5.08. The van der Waals surface area contributed by atoms with E-state index < -0.39 is 0 Å². The van der Waals surface area contributed by atoms with Crippen LogP contribution in [0, 0.1) is 11.8 Å². The Kier molecular flexibility index (Phi) is 3.42. The SMILES string of the molecule is CCCC1(CC)[C]CCCC1. The number of hydrogen-bond acceptors (Lipinski definition) is 0. The lowest BCUT2D eigenvalue weighted by Crippen LogP contribution is -2.23. The molecular formula is C11H20. The Morgan fingerprint density at radius 2 is 2.09 bits per heavy atom. The highest BCUT2D eigenvalue weighted by molar-refractivity contribution is 4.93. The molecule has 1 fully saturated rings. The molecule has 0 aromatic carbocycles. The molecule has 1 atom stereocenters. The Hall–Kier alpha value is 0. The fourth-order valence-corrected chi connectivity index (χ4v) is 2.20. The van der Waals surface area contributed by atoms with Gasteiger partial charge < -0.3 is 0 Å². The predicted molar refractivity (Wildman–Crippen MR) is 49.3 cm³/mol. The quantitative estimate of drug-likeness (QED) is 0.576. The van der Waals surface area contributed by atoms with E-state index in [9.17, 15) is 0 Å². The van der Waals surface area contributed by atoms with Gasteiger partial charge in [-0.15, -0.1) is 0 Å². The van der Waals surface area contributed by atoms with Crippen LogP contribution in [0.5, 0.6) is 0 Å². The summed E-state index contributed by atoms with van der Waals surface area (Å²) in [6.07, 6.45) is 13.1. The lowest BCUT2D eigenvalue weighted by Gasteiger charge is -2.35. The van der Waals surface area contributed by atoms with E-state index in [2.05, 4.69) is 20.3 Å². The fraction of sp³-hybridized carbons (Fsp3) is 0.909. The fourth-order valence-electron chi connectivity index (χ4n) is 2.20. The molecule has 1 aliphatic carbocycles. The average molecular weight is 152 g/mol. The molecule has 1 saturated carbocycles. The van der Waals surface area contributed by atoms with Gasteiger partial charge in [-0.2, -0.15) is 0 Å². The molecule has 11 heavy (non-hydrogen) atoms. The van der Waals surface area contributed by atoms with Gasteiger partial charge in [0.25, 0.3) is 0 Å². The van der Waals surface area contributed by atoms with Crippen LogP contribution in [0.15, 0.2) is 0 Å². The summed E-state index contributed by atoms with van der Waals surface area (Å²) < 4.78 is 0. The molecular weight excluding hydrogens is 132 g/mol. The topological polar surface area (TPSA) is 0 Å². The lowest BCUT2D eigenvalue weighted by atomic mass is 9.70. The van der Waals surface area contributed by atoms with Gasteiger partial charge in [-0.25, -0.2) is 0 Å². The Labute approximate surface area is 71.4 Å². The first kappa shape index (κ1) is 9.09. The van der Waals surface area contributed by atoms with E-state index in [0.717, 1.165) is 0 Å². The smallest absolute Gasteiger partial charge is 0.0106 e. The Balaban J connectivity index is 2.42. The van der Waals surface area contributed by atoms with Crippen LogP contribution < -0.4 is 0 Å². The van der Waals surface area contributed by atoms with E-state index in [4.69, 9.17) is 0 Å². The van der Waals surface area contributed by atoms with E-state index in [1.807, 2.05) is 0 Å². The van der Waals surface area contributed by atoms with Crippen molar-refractivity contribution in [3.05, 3.63) is 6.42 Å². The summed E-state index contributed by atoms with van der Waals surface area (Å²) in [6, 6.07) is 0. The summed E-state index contributed by atoms with van der Waals surface area (Å²) in [5.74, 6) is 0. The third-order valence-electron chi connectivity index (χ3n) is 2.99. The minimum Gasteiger partial charge on any atom is -0.0654 e. The predicted octanol–water partition coefficient (Wildman–Crippen LogP) is 3.84. The summed E-state index contributed by atoms with van der Waals surface area (Å²) in [7, 11) is 0. The van der Waals surface area contributed by atoms with Crippen LogP contribution >= 0.6 is 0 Å². The molecule has 0 heteroatoms. The van der Waals surface area contributed by atoms with Crippen molar-refractivity contribution >= 4 is 0 Å². The maximum absolute atomic E-state index is 3.68. The molecule has 1 rings (SSSR count). The van der Waals surface area contributed by atoms with Crippen LogP contribution in [-0.4, -0.2) is 0 Å². The van der Waals surface area contributed by atoms with Crippen molar-refractivity contribution in [1.82, 2.24) is 0 Å². The molecule has 0 amide bonds. The second-order valence-corrected chi connectivity index (χ2v) is 3.77. The minimum absolute atomic E-state index is 0.521. The van der Waals surface area contributed by atoms with Crippen molar-refractivity contribution in [2.45, 2.75) is 58.8 Å². The molecule has 1 unspecified atom stereocenters. The second-order valence-electron chi connectivity index (χ2n) is 3.77. The standard InChI is InChI=1S/C11H20/c1-3-8-11(4-2)9-6-5-7-10-11/h3-9H2,1-2H3. The molecule has 0 spiro atoms. The zero-order valence-electron chi connectivity index (χ0n) is 7.95. The molecule has 0 heterocycles. The van der Waals surface area contributed by atoms with Crippen molar-refractivity contribution in [2.24, 2.45) is 5.41 Å². The van der Waals surface area contributed by atoms with Crippen molar-refractivity contribution in [3.63, 3.8) is 0 Å². The van der Waals surface area contributed by atoms with Gasteiger partial charge >= 0.3 is 0 Å². The van der Waals surface area contributed by atoms with Crippen LogP contribution in [0.25, 0.3) is 0 Å². The Bertz CT molecular complexity index is 93.1. The molecule has 0 N–H and O–H groups in total. The molecule has 0 saturated heterocycles. The summed E-state index contributed by atoms with van der Waals surface area (Å²) in [5, 5.41) is 0. The molecule has 0 nitrogen and oxygen atoms in total. The van der Waals surface area contributed by atoms with Gasteiger partial charge in [-0.1, -0.05) is 33.1 Å². The lowest BCUT2D eigenvalue weighted by molar-refractivity contribution is 0.233. The molecule has 0 aliphatic heterocycles. The summed E-state index contributed by atoms with van der Waals surface area (Å²) in [4.78, 5) is 0. The maximum atomic E-state index is 3.68. The molecule has 64 valence electrons. The summed E-state index contributed by atoms with van der Waals surface area (Å²) >= 11 is 0. The highest BCUT2D eigenvalue weighted by Crippen LogP contribution is 2.41. The van der Waals surface area contributed by atoms with Crippen LogP contribution in [0.2, 0.25) is 0 Å². The molecule has 0 aromatic rings. The van der Waals surface area contributed by atoms with E-state index >= 15 is 0 Å². The summed E-state index contributed by atoms with van der Waals surface area (Å²) in [6.45, 7) is 4.60. The second kappa shape index (κ2) is 4.13. The van der Waals surface area contributed by atoms with Gasteiger partial charge in [0.15, 0.2) is 0 Å². The Morgan fingerprint density at radius 3 is 2.55 bits per heavy atom. The zero-order valence-corrected chi connectivity index (χ0v) is 7.95. The van der Waals surface area contributed by atoms with Gasteiger partial charge in [0, 0.05) is 0 Å². The van der Waals surface area contributed by atoms with Crippen LogP contribution in [0.4, 0.5) is 0 Å². The average Bonchev–Trinajstić information content (AvgIpc) is 2.07. The third-order valence-corrected chi connectivity index (χ3v) is 2.99. The normalized spacial score (nSPS) is 23.5. The number of rotatable bonds is 3. The van der Waals surface area contributed by atoms with Gasteiger partial charge in [0.1, 0.15) is 0 Å². The van der Waals surface area contributed by atoms with Crippen molar-refractivity contribution in [1.29, 1.82) is 0 Å². The monoisotopic (exact) mass is 152 g/mol. The van der Waals surface area contributed by atoms with Crippen LogP contribution in [0.3, 0.4) is 0 Å². The third kappa shape index (κ3) is 2.21. The van der Waals surface area contributed by atoms with Crippen molar-refractivity contribution < 1.29 is 0 Å². The first-order chi connectivity index (χ1) is 5.33. The molecule has 1 aliphatic rings. The molecule has 2 radical (unpaired) electrons. The summed E-state index contributed by atoms with van der Waals surface area (Å²) in [5.41, 5.74) is 0.521. The minimum atomic E-state index is 0.521. The maximum Gasteiger partial charge on any atom is -0.0106 e. The van der Waals surface area contributed by atoms with Gasteiger partial charge in [-0.3, -0.25) is 0 Å². The molecule has 0 bridgehead atoms. The van der Waals surface area contributed by atoms with Gasteiger partial charge in [0.05, 0.1) is 0 Å². The van der Waals surface area contributed by atoms with E-state index in [1.165, 1.54) is 44.9 Å². The van der Waals surface area contributed by atoms with Crippen LogP contribution in [0.1, 0.15) is 58.8 Å². The van der Waals surface area contributed by atoms with E-state index in [1.54, 1.807) is 0 Å². The highest BCUT2D eigenvalue weighted by Gasteiger charge is 2.29. The van der Waals surface area contributed by atoms with Gasteiger partial charge in [0.2, 0.25) is 0 Å². The highest BCUT2D eigenvalue weighted by atomic mass is 14.3. The molecule has 0 aromatic heterocycles. The van der Waals surface area contributed by atoms with Crippen molar-refractivity contribution in [2.75, 3.05) is 0 Å². The van der Waals surface area contributed by atoms with Crippen molar-refractivity contribution in [3.8, 4) is 0 Å². The first-order valence-electron chi connectivity index (χ1n) is 5.08. The zero-order chi connectivity index (χ0) is 8.16. The van der Waals surface area contributed by atoms with E-state index in [-0.39, 0.29) is 0 Å². The van der Waals surface area contributed by atoms with Crippen LogP contribution in [-0.2, 0) is 0 Å². The Morgan fingerprint density at radius 1 is 1.27 bits per heavy atom.